The van der Waals surface area contributed by atoms with Crippen LogP contribution in [0.1, 0.15) is 15.9 Å². The molecule has 1 heterocycles. The van der Waals surface area contributed by atoms with E-state index in [0.29, 0.717) is 5.56 Å². The molecule has 0 unspecified atom stereocenters. The number of anilines is 3. The summed E-state index contributed by atoms with van der Waals surface area (Å²) in [6, 6.07) is 25.6. The van der Waals surface area contributed by atoms with Crippen molar-refractivity contribution in [2.24, 2.45) is 0 Å². The third-order valence-electron chi connectivity index (χ3n) is 4.33. The molecule has 0 spiro atoms. The highest BCUT2D eigenvalue weighted by Gasteiger charge is 2.20. The maximum absolute atomic E-state index is 12.5. The summed E-state index contributed by atoms with van der Waals surface area (Å²) in [4.78, 5) is 12.5. The zero-order chi connectivity index (χ0) is 17.1. The molecule has 2 N–H and O–H groups in total. The number of hydrogen-bond donors (Lipinski definition) is 2. The standard InChI is InChI=1S/C21H19N3O/c25-21(23-24-15-14-16-6-4-5-9-20(16)24)17-10-12-19(13-11-17)22-18-7-2-1-3-8-18/h1-13,22H,14-15H2,(H,23,25). The molecule has 3 aromatic carbocycles. The second-order valence-electron chi connectivity index (χ2n) is 6.04. The van der Waals surface area contributed by atoms with Crippen molar-refractivity contribution in [3.63, 3.8) is 0 Å². The average Bonchev–Trinajstić information content (AvgIpc) is 3.06. The van der Waals surface area contributed by atoms with Crippen molar-refractivity contribution in [1.82, 2.24) is 5.43 Å². The van der Waals surface area contributed by atoms with Crippen molar-refractivity contribution in [3.8, 4) is 0 Å². The number of amides is 1. The van der Waals surface area contributed by atoms with Gasteiger partial charge < -0.3 is 5.32 Å². The quantitative estimate of drug-likeness (QED) is 0.756. The largest absolute Gasteiger partial charge is 0.356 e. The van der Waals surface area contributed by atoms with Crippen LogP contribution < -0.4 is 15.8 Å². The van der Waals surface area contributed by atoms with Gasteiger partial charge in [0.15, 0.2) is 0 Å². The summed E-state index contributed by atoms with van der Waals surface area (Å²) in [6.45, 7) is 0.804. The zero-order valence-corrected chi connectivity index (χ0v) is 13.8. The topological polar surface area (TPSA) is 44.4 Å². The molecule has 0 aliphatic carbocycles. The molecule has 4 nitrogen and oxygen atoms in total. The Labute approximate surface area is 147 Å². The van der Waals surface area contributed by atoms with E-state index in [2.05, 4.69) is 16.8 Å². The molecule has 1 aliphatic rings. The SMILES string of the molecule is O=C(NN1CCc2ccccc21)c1ccc(Nc2ccccc2)cc1. The van der Waals surface area contributed by atoms with Crippen LogP contribution in [0.3, 0.4) is 0 Å². The first-order valence-electron chi connectivity index (χ1n) is 8.38. The molecule has 124 valence electrons. The Hall–Kier alpha value is -3.27. The first-order valence-corrected chi connectivity index (χ1v) is 8.38. The second kappa shape index (κ2) is 6.69. The highest BCUT2D eigenvalue weighted by molar-refractivity contribution is 5.95. The van der Waals surface area contributed by atoms with Gasteiger partial charge in [-0.15, -0.1) is 0 Å². The summed E-state index contributed by atoms with van der Waals surface area (Å²) in [5, 5.41) is 5.24. The van der Waals surface area contributed by atoms with Gasteiger partial charge in [0, 0.05) is 23.5 Å². The number of para-hydroxylation sites is 2. The van der Waals surface area contributed by atoms with E-state index in [1.165, 1.54) is 5.56 Å². The van der Waals surface area contributed by atoms with Gasteiger partial charge in [0.05, 0.1) is 5.69 Å². The number of hydrogen-bond acceptors (Lipinski definition) is 3. The van der Waals surface area contributed by atoms with E-state index in [1.54, 1.807) is 0 Å². The van der Waals surface area contributed by atoms with E-state index in [-0.39, 0.29) is 5.91 Å². The molecule has 0 bridgehead atoms. The molecular formula is C21H19N3O. The molecule has 3 aromatic rings. The van der Waals surface area contributed by atoms with Crippen LogP contribution in [0.2, 0.25) is 0 Å². The van der Waals surface area contributed by atoms with Crippen molar-refractivity contribution < 1.29 is 4.79 Å². The monoisotopic (exact) mass is 329 g/mol. The van der Waals surface area contributed by atoms with Crippen LogP contribution in [-0.4, -0.2) is 12.5 Å². The minimum absolute atomic E-state index is 0.0945. The lowest BCUT2D eigenvalue weighted by Gasteiger charge is -2.20. The molecule has 25 heavy (non-hydrogen) atoms. The summed E-state index contributed by atoms with van der Waals surface area (Å²) in [5.74, 6) is -0.0945. The predicted octanol–water partition coefficient (Wildman–Crippen LogP) is 4.14. The van der Waals surface area contributed by atoms with Crippen LogP contribution >= 0.6 is 0 Å². The minimum Gasteiger partial charge on any atom is -0.356 e. The summed E-state index contributed by atoms with van der Waals surface area (Å²) in [7, 11) is 0. The van der Waals surface area contributed by atoms with Gasteiger partial charge in [0.25, 0.3) is 5.91 Å². The van der Waals surface area contributed by atoms with Crippen LogP contribution in [0.15, 0.2) is 78.9 Å². The average molecular weight is 329 g/mol. The number of rotatable bonds is 4. The van der Waals surface area contributed by atoms with Crippen LogP contribution in [0.5, 0.6) is 0 Å². The normalized spacial score (nSPS) is 12.6. The maximum Gasteiger partial charge on any atom is 0.269 e. The molecule has 0 atom stereocenters. The van der Waals surface area contributed by atoms with Gasteiger partial charge in [-0.25, -0.2) is 0 Å². The molecule has 4 rings (SSSR count). The van der Waals surface area contributed by atoms with Crippen LogP contribution in [0.25, 0.3) is 0 Å². The maximum atomic E-state index is 12.5. The Morgan fingerprint density at radius 1 is 0.800 bits per heavy atom. The molecule has 0 saturated heterocycles. The number of nitrogens with one attached hydrogen (secondary N) is 2. The molecule has 0 aromatic heterocycles. The van der Waals surface area contributed by atoms with E-state index in [1.807, 2.05) is 77.8 Å². The summed E-state index contributed by atoms with van der Waals surface area (Å²) < 4.78 is 0. The fourth-order valence-electron chi connectivity index (χ4n) is 3.03. The summed E-state index contributed by atoms with van der Waals surface area (Å²) in [5.41, 5.74) is 7.96. The highest BCUT2D eigenvalue weighted by Crippen LogP contribution is 2.25. The first kappa shape index (κ1) is 15.3. The Morgan fingerprint density at radius 3 is 2.28 bits per heavy atom. The lowest BCUT2D eigenvalue weighted by molar-refractivity contribution is 0.0950. The summed E-state index contributed by atoms with van der Waals surface area (Å²) in [6.07, 6.45) is 0.955. The van der Waals surface area contributed by atoms with Crippen LogP contribution in [0, 0.1) is 0 Å². The lowest BCUT2D eigenvalue weighted by Crippen LogP contribution is -2.41. The van der Waals surface area contributed by atoms with Crippen LogP contribution in [0.4, 0.5) is 17.1 Å². The Balaban J connectivity index is 1.43. The Bertz CT molecular complexity index is 875. The lowest BCUT2D eigenvalue weighted by atomic mass is 10.2. The molecule has 4 heteroatoms. The van der Waals surface area contributed by atoms with Crippen molar-refractivity contribution >= 4 is 23.0 Å². The summed E-state index contributed by atoms with van der Waals surface area (Å²) >= 11 is 0. The van der Waals surface area contributed by atoms with Crippen molar-refractivity contribution in [3.05, 3.63) is 90.0 Å². The number of benzene rings is 3. The van der Waals surface area contributed by atoms with Crippen molar-refractivity contribution in [2.75, 3.05) is 16.9 Å². The number of hydrazine groups is 1. The number of carbonyl (C=O) groups is 1. The fourth-order valence-corrected chi connectivity index (χ4v) is 3.03. The zero-order valence-electron chi connectivity index (χ0n) is 13.8. The van der Waals surface area contributed by atoms with Gasteiger partial charge in [-0.3, -0.25) is 15.2 Å². The molecule has 1 amide bonds. The van der Waals surface area contributed by atoms with E-state index in [4.69, 9.17) is 0 Å². The van der Waals surface area contributed by atoms with Gasteiger partial charge in [-0.05, 0) is 54.4 Å². The number of fused-ring (bicyclic) bond motifs is 1. The third-order valence-corrected chi connectivity index (χ3v) is 4.33. The highest BCUT2D eigenvalue weighted by atomic mass is 16.2. The third kappa shape index (κ3) is 3.33. The number of nitrogens with zero attached hydrogens (tertiary/aromatic N) is 1. The van der Waals surface area contributed by atoms with Gasteiger partial charge in [0.1, 0.15) is 0 Å². The van der Waals surface area contributed by atoms with Gasteiger partial charge in [0.2, 0.25) is 0 Å². The molecular weight excluding hydrogens is 310 g/mol. The minimum atomic E-state index is -0.0945. The second-order valence-corrected chi connectivity index (χ2v) is 6.04. The molecule has 0 radical (unpaired) electrons. The van der Waals surface area contributed by atoms with E-state index in [9.17, 15) is 4.79 Å². The van der Waals surface area contributed by atoms with Crippen molar-refractivity contribution in [2.45, 2.75) is 6.42 Å². The van der Waals surface area contributed by atoms with E-state index < -0.39 is 0 Å². The molecule has 0 saturated carbocycles. The molecule has 1 aliphatic heterocycles. The smallest absolute Gasteiger partial charge is 0.269 e. The van der Waals surface area contributed by atoms with E-state index >= 15 is 0 Å². The van der Waals surface area contributed by atoms with Gasteiger partial charge >= 0.3 is 0 Å². The van der Waals surface area contributed by atoms with Crippen LogP contribution in [-0.2, 0) is 6.42 Å². The Morgan fingerprint density at radius 2 is 1.48 bits per heavy atom. The Kier molecular flexibility index (Phi) is 4.09. The van der Waals surface area contributed by atoms with Gasteiger partial charge in [-0.1, -0.05) is 36.4 Å². The predicted molar refractivity (Wildman–Crippen MR) is 101 cm³/mol. The fraction of sp³-hybridized carbons (Fsp3) is 0.0952. The first-order chi connectivity index (χ1) is 12.3. The van der Waals surface area contributed by atoms with Gasteiger partial charge in [-0.2, -0.15) is 0 Å². The number of carbonyl (C=O) groups excluding carboxylic acids is 1. The molecule has 0 fully saturated rings. The van der Waals surface area contributed by atoms with Crippen molar-refractivity contribution in [1.29, 1.82) is 0 Å². The van der Waals surface area contributed by atoms with E-state index in [0.717, 1.165) is 30.0 Å².